The van der Waals surface area contributed by atoms with Crippen molar-refractivity contribution in [2.45, 2.75) is 12.7 Å². The number of rotatable bonds is 1. The molecule has 0 radical (unpaired) electrons. The predicted molar refractivity (Wildman–Crippen MR) is 53.6 cm³/mol. The van der Waals surface area contributed by atoms with Crippen LogP contribution in [0.1, 0.15) is 6.42 Å². The van der Waals surface area contributed by atoms with E-state index in [1.807, 2.05) is 23.5 Å². The lowest BCUT2D eigenvalue weighted by atomic mass is 10.2. The van der Waals surface area contributed by atoms with E-state index in [0.29, 0.717) is 5.92 Å². The second-order valence-corrected chi connectivity index (χ2v) is 5.51. The third kappa shape index (κ3) is 2.31. The van der Waals surface area contributed by atoms with E-state index in [2.05, 4.69) is 0 Å². The van der Waals surface area contributed by atoms with Gasteiger partial charge in [-0.3, -0.25) is 0 Å². The summed E-state index contributed by atoms with van der Waals surface area (Å²) in [6, 6.07) is 0. The highest BCUT2D eigenvalue weighted by atomic mass is 32.2. The molecule has 0 amide bonds. The van der Waals surface area contributed by atoms with E-state index < -0.39 is 0 Å². The van der Waals surface area contributed by atoms with Crippen molar-refractivity contribution < 1.29 is 9.47 Å². The summed E-state index contributed by atoms with van der Waals surface area (Å²) < 4.78 is 11.1. The second kappa shape index (κ2) is 4.74. The van der Waals surface area contributed by atoms with E-state index in [-0.39, 0.29) is 6.29 Å². The minimum Gasteiger partial charge on any atom is -0.352 e. The maximum atomic E-state index is 5.57. The van der Waals surface area contributed by atoms with Crippen molar-refractivity contribution in [2.24, 2.45) is 5.92 Å². The van der Waals surface area contributed by atoms with Crippen LogP contribution in [0.2, 0.25) is 0 Å². The molecular formula is C8H14O2S2. The van der Waals surface area contributed by atoms with Gasteiger partial charge in [0.05, 0.1) is 13.2 Å². The SMILES string of the molecule is C1COC(C2CSCSC2)OC1. The summed E-state index contributed by atoms with van der Waals surface area (Å²) >= 11 is 4.00. The van der Waals surface area contributed by atoms with Crippen LogP contribution >= 0.6 is 23.5 Å². The zero-order chi connectivity index (χ0) is 8.23. The molecule has 0 aliphatic carbocycles. The first kappa shape index (κ1) is 9.19. The third-order valence-corrected chi connectivity index (χ3v) is 4.73. The van der Waals surface area contributed by atoms with Gasteiger partial charge in [-0.2, -0.15) is 23.5 Å². The fraction of sp³-hybridized carbons (Fsp3) is 1.00. The normalized spacial score (nSPS) is 29.0. The monoisotopic (exact) mass is 206 g/mol. The molecule has 0 atom stereocenters. The van der Waals surface area contributed by atoms with Gasteiger partial charge in [-0.15, -0.1) is 0 Å². The highest BCUT2D eigenvalue weighted by Gasteiger charge is 2.27. The summed E-state index contributed by atoms with van der Waals surface area (Å²) in [7, 11) is 0. The molecular weight excluding hydrogens is 192 g/mol. The van der Waals surface area contributed by atoms with Gasteiger partial charge < -0.3 is 9.47 Å². The molecule has 0 aromatic carbocycles. The summed E-state index contributed by atoms with van der Waals surface area (Å²) in [4.78, 5) is 0. The van der Waals surface area contributed by atoms with E-state index in [0.717, 1.165) is 19.6 Å². The molecule has 0 spiro atoms. The van der Waals surface area contributed by atoms with Gasteiger partial charge in [-0.1, -0.05) is 0 Å². The Labute approximate surface area is 81.8 Å². The summed E-state index contributed by atoms with van der Waals surface area (Å²) in [6.45, 7) is 1.77. The maximum Gasteiger partial charge on any atom is 0.161 e. The van der Waals surface area contributed by atoms with Gasteiger partial charge >= 0.3 is 0 Å². The van der Waals surface area contributed by atoms with Crippen molar-refractivity contribution in [1.82, 2.24) is 0 Å². The maximum absolute atomic E-state index is 5.57. The van der Waals surface area contributed by atoms with Gasteiger partial charge in [0.15, 0.2) is 6.29 Å². The molecule has 2 aliphatic rings. The highest BCUT2D eigenvalue weighted by Crippen LogP contribution is 2.30. The summed E-state index contributed by atoms with van der Waals surface area (Å²) in [5.41, 5.74) is 0. The van der Waals surface area contributed by atoms with Crippen molar-refractivity contribution in [3.8, 4) is 0 Å². The van der Waals surface area contributed by atoms with Crippen molar-refractivity contribution in [1.29, 1.82) is 0 Å². The van der Waals surface area contributed by atoms with Gasteiger partial charge in [0.1, 0.15) is 0 Å². The van der Waals surface area contributed by atoms with E-state index in [1.54, 1.807) is 0 Å². The molecule has 0 bridgehead atoms. The topological polar surface area (TPSA) is 18.5 Å². The Kier molecular flexibility index (Phi) is 3.63. The van der Waals surface area contributed by atoms with E-state index in [9.17, 15) is 0 Å². The molecule has 0 aromatic heterocycles. The van der Waals surface area contributed by atoms with E-state index in [4.69, 9.17) is 9.47 Å². The molecule has 0 aromatic rings. The van der Waals surface area contributed by atoms with Crippen LogP contribution in [0.3, 0.4) is 0 Å². The Morgan fingerprint density at radius 3 is 2.33 bits per heavy atom. The Balaban J connectivity index is 1.80. The lowest BCUT2D eigenvalue weighted by molar-refractivity contribution is -0.197. The average molecular weight is 206 g/mol. The second-order valence-electron chi connectivity index (χ2n) is 3.08. The number of hydrogen-bond donors (Lipinski definition) is 0. The lowest BCUT2D eigenvalue weighted by Gasteiger charge is -2.32. The average Bonchev–Trinajstić information content (AvgIpc) is 2.21. The van der Waals surface area contributed by atoms with E-state index >= 15 is 0 Å². The number of thioether (sulfide) groups is 2. The molecule has 2 rings (SSSR count). The van der Waals surface area contributed by atoms with Crippen LogP contribution in [0.25, 0.3) is 0 Å². The van der Waals surface area contributed by atoms with Crippen LogP contribution in [-0.2, 0) is 9.47 Å². The first-order chi connectivity index (χ1) is 5.97. The summed E-state index contributed by atoms with van der Waals surface area (Å²) in [5, 5.41) is 1.24. The molecule has 0 saturated carbocycles. The van der Waals surface area contributed by atoms with Gasteiger partial charge in [-0.05, 0) is 6.42 Å². The minimum absolute atomic E-state index is 0.0963. The molecule has 2 saturated heterocycles. The van der Waals surface area contributed by atoms with Crippen LogP contribution in [0.5, 0.6) is 0 Å². The predicted octanol–water partition coefficient (Wildman–Crippen LogP) is 1.80. The largest absolute Gasteiger partial charge is 0.352 e. The van der Waals surface area contributed by atoms with Gasteiger partial charge in [0.2, 0.25) is 0 Å². The Hall–Kier alpha value is 0.620. The molecule has 0 unspecified atom stereocenters. The van der Waals surface area contributed by atoms with E-state index in [1.165, 1.54) is 16.6 Å². The lowest BCUT2D eigenvalue weighted by Crippen LogP contribution is -2.36. The Morgan fingerprint density at radius 1 is 1.00 bits per heavy atom. The van der Waals surface area contributed by atoms with Crippen molar-refractivity contribution in [3.63, 3.8) is 0 Å². The molecule has 2 heterocycles. The molecule has 12 heavy (non-hydrogen) atoms. The first-order valence-corrected chi connectivity index (χ1v) is 6.66. The fourth-order valence-corrected chi connectivity index (χ4v) is 3.99. The van der Waals surface area contributed by atoms with Crippen LogP contribution in [0.4, 0.5) is 0 Å². The number of ether oxygens (including phenoxy) is 2. The minimum atomic E-state index is 0.0963. The molecule has 2 aliphatic heterocycles. The fourth-order valence-electron chi connectivity index (χ4n) is 1.44. The van der Waals surface area contributed by atoms with Gasteiger partial charge in [-0.25, -0.2) is 0 Å². The summed E-state index contributed by atoms with van der Waals surface area (Å²) in [5.74, 6) is 3.03. The molecule has 0 N–H and O–H groups in total. The quantitative estimate of drug-likeness (QED) is 0.651. The Morgan fingerprint density at radius 2 is 1.67 bits per heavy atom. The molecule has 2 fully saturated rings. The van der Waals surface area contributed by atoms with Crippen molar-refractivity contribution in [2.75, 3.05) is 29.8 Å². The smallest absolute Gasteiger partial charge is 0.161 e. The zero-order valence-corrected chi connectivity index (χ0v) is 8.66. The van der Waals surface area contributed by atoms with Gasteiger partial charge in [0.25, 0.3) is 0 Å². The van der Waals surface area contributed by atoms with Crippen LogP contribution < -0.4 is 0 Å². The standard InChI is InChI=1S/C8H14O2S2/c1-2-9-8(10-3-1)7-4-11-6-12-5-7/h7-8H,1-6H2. The molecule has 70 valence electrons. The highest BCUT2D eigenvalue weighted by molar-refractivity contribution is 8.16. The Bertz CT molecular complexity index is 115. The zero-order valence-electron chi connectivity index (χ0n) is 7.03. The van der Waals surface area contributed by atoms with Crippen LogP contribution in [-0.4, -0.2) is 36.1 Å². The number of hydrogen-bond acceptors (Lipinski definition) is 4. The summed E-state index contributed by atoms with van der Waals surface area (Å²) in [6.07, 6.45) is 1.16. The van der Waals surface area contributed by atoms with Crippen LogP contribution in [0.15, 0.2) is 0 Å². The van der Waals surface area contributed by atoms with Gasteiger partial charge in [0, 0.05) is 22.5 Å². The van der Waals surface area contributed by atoms with Crippen molar-refractivity contribution in [3.05, 3.63) is 0 Å². The van der Waals surface area contributed by atoms with Crippen molar-refractivity contribution >= 4 is 23.5 Å². The van der Waals surface area contributed by atoms with Crippen LogP contribution in [0, 0.1) is 5.92 Å². The third-order valence-electron chi connectivity index (χ3n) is 2.07. The molecule has 2 nitrogen and oxygen atoms in total. The molecule has 4 heteroatoms. The first-order valence-electron chi connectivity index (χ1n) is 4.35.